The summed E-state index contributed by atoms with van der Waals surface area (Å²) in [6.45, 7) is 0.575. The maximum absolute atomic E-state index is 10.7. The molecule has 1 heterocycles. The van der Waals surface area contributed by atoms with E-state index >= 15 is 0 Å². The summed E-state index contributed by atoms with van der Waals surface area (Å²) in [5.74, 6) is 0.150. The van der Waals surface area contributed by atoms with E-state index in [1.54, 1.807) is 0 Å². The Morgan fingerprint density at radius 1 is 1.55 bits per heavy atom. The van der Waals surface area contributed by atoms with Crippen molar-refractivity contribution in [2.75, 3.05) is 6.54 Å². The van der Waals surface area contributed by atoms with E-state index in [1.807, 2.05) is 0 Å². The molecule has 1 amide bonds. The summed E-state index contributed by atoms with van der Waals surface area (Å²) < 4.78 is 0. The number of hydrogen-bond acceptors (Lipinski definition) is 2. The number of halogens is 2. The molecule has 68 valence electrons. The average Bonchev–Trinajstić information content (AvgIpc) is 1.88. The van der Waals surface area contributed by atoms with Crippen LogP contribution in [-0.4, -0.2) is 18.5 Å². The first-order valence-corrected chi connectivity index (χ1v) is 3.32. The Hall–Kier alpha value is 0.01000. The van der Waals surface area contributed by atoms with Gasteiger partial charge in [0.15, 0.2) is 0 Å². The standard InChI is InChI=1S/C6H12N2O.2ClH/c7-4-5-2-1-3-6(9)8-5;;/h5H,1-4,7H2,(H,8,9);2*1H. The minimum absolute atomic E-state index is 0. The number of nitrogens with one attached hydrogen (secondary N) is 1. The molecule has 1 atom stereocenters. The molecule has 1 unspecified atom stereocenters. The van der Waals surface area contributed by atoms with Gasteiger partial charge in [0.1, 0.15) is 0 Å². The molecule has 0 aromatic heterocycles. The van der Waals surface area contributed by atoms with Crippen LogP contribution in [0.15, 0.2) is 0 Å². The van der Waals surface area contributed by atoms with Crippen molar-refractivity contribution in [1.82, 2.24) is 5.32 Å². The Morgan fingerprint density at radius 3 is 2.55 bits per heavy atom. The van der Waals surface area contributed by atoms with Crippen molar-refractivity contribution in [3.63, 3.8) is 0 Å². The fraction of sp³-hybridized carbons (Fsp3) is 0.833. The highest BCUT2D eigenvalue weighted by atomic mass is 35.5. The molecule has 0 radical (unpaired) electrons. The second-order valence-electron chi connectivity index (χ2n) is 2.39. The third-order valence-corrected chi connectivity index (χ3v) is 1.61. The van der Waals surface area contributed by atoms with E-state index in [9.17, 15) is 4.79 Å². The Labute approximate surface area is 78.9 Å². The second-order valence-corrected chi connectivity index (χ2v) is 2.39. The molecule has 1 fully saturated rings. The highest BCUT2D eigenvalue weighted by Crippen LogP contribution is 2.05. The maximum Gasteiger partial charge on any atom is 0.220 e. The molecule has 3 N–H and O–H groups in total. The molecule has 5 heteroatoms. The second kappa shape index (κ2) is 6.70. The van der Waals surface area contributed by atoms with Gasteiger partial charge in [-0.25, -0.2) is 0 Å². The molecule has 0 aromatic carbocycles. The van der Waals surface area contributed by atoms with Crippen LogP contribution >= 0.6 is 24.8 Å². The van der Waals surface area contributed by atoms with E-state index in [0.29, 0.717) is 13.0 Å². The van der Waals surface area contributed by atoms with E-state index in [-0.39, 0.29) is 36.8 Å². The quantitative estimate of drug-likeness (QED) is 0.647. The van der Waals surface area contributed by atoms with Crippen LogP contribution in [-0.2, 0) is 4.79 Å². The molecule has 1 rings (SSSR count). The largest absolute Gasteiger partial charge is 0.352 e. The SMILES string of the molecule is Cl.Cl.NCC1CCCC(=O)N1. The summed E-state index contributed by atoms with van der Waals surface area (Å²) in [6.07, 6.45) is 2.71. The predicted molar refractivity (Wildman–Crippen MR) is 49.3 cm³/mol. The molecule has 1 aliphatic rings. The fourth-order valence-electron chi connectivity index (χ4n) is 1.06. The Kier molecular flexibility index (Phi) is 8.28. The van der Waals surface area contributed by atoms with Crippen LogP contribution in [0.2, 0.25) is 0 Å². The fourth-order valence-corrected chi connectivity index (χ4v) is 1.06. The maximum atomic E-state index is 10.7. The molecule has 1 aliphatic heterocycles. The van der Waals surface area contributed by atoms with Crippen LogP contribution in [0.25, 0.3) is 0 Å². The van der Waals surface area contributed by atoms with E-state index < -0.39 is 0 Å². The molecule has 11 heavy (non-hydrogen) atoms. The first-order chi connectivity index (χ1) is 4.33. The smallest absolute Gasteiger partial charge is 0.220 e. The molecule has 0 aromatic rings. The molecular weight excluding hydrogens is 187 g/mol. The third-order valence-electron chi connectivity index (χ3n) is 1.61. The molecule has 0 aliphatic carbocycles. The predicted octanol–water partition coefficient (Wildman–Crippen LogP) is 0.457. The van der Waals surface area contributed by atoms with Gasteiger partial charge in [0.05, 0.1) is 0 Å². The molecule has 0 spiro atoms. The molecule has 3 nitrogen and oxygen atoms in total. The van der Waals surface area contributed by atoms with Gasteiger partial charge < -0.3 is 11.1 Å². The normalized spacial score (nSPS) is 22.6. The lowest BCUT2D eigenvalue weighted by atomic mass is 10.1. The van der Waals surface area contributed by atoms with Gasteiger partial charge in [-0.2, -0.15) is 0 Å². The Morgan fingerprint density at radius 2 is 2.18 bits per heavy atom. The molecule has 1 saturated heterocycles. The number of nitrogens with two attached hydrogens (primary N) is 1. The molecule has 0 bridgehead atoms. The third kappa shape index (κ3) is 4.45. The van der Waals surface area contributed by atoms with Gasteiger partial charge in [0.2, 0.25) is 5.91 Å². The highest BCUT2D eigenvalue weighted by Gasteiger charge is 2.15. The van der Waals surface area contributed by atoms with Crippen molar-refractivity contribution in [2.24, 2.45) is 5.73 Å². The van der Waals surface area contributed by atoms with Gasteiger partial charge >= 0.3 is 0 Å². The number of piperidine rings is 1. The van der Waals surface area contributed by atoms with Gasteiger partial charge in [-0.3, -0.25) is 4.79 Å². The lowest BCUT2D eigenvalue weighted by Gasteiger charge is -2.20. The monoisotopic (exact) mass is 200 g/mol. The summed E-state index contributed by atoms with van der Waals surface area (Å²) in [5.41, 5.74) is 5.35. The summed E-state index contributed by atoms with van der Waals surface area (Å²) >= 11 is 0. The Bertz CT molecular complexity index is 121. The number of carbonyl (C=O) groups is 1. The minimum Gasteiger partial charge on any atom is -0.352 e. The summed E-state index contributed by atoms with van der Waals surface area (Å²) in [4.78, 5) is 10.7. The van der Waals surface area contributed by atoms with Crippen LogP contribution < -0.4 is 11.1 Å². The topological polar surface area (TPSA) is 55.1 Å². The first-order valence-electron chi connectivity index (χ1n) is 3.32. The minimum atomic E-state index is 0. The summed E-state index contributed by atoms with van der Waals surface area (Å²) in [5, 5.41) is 2.80. The summed E-state index contributed by atoms with van der Waals surface area (Å²) in [6, 6.07) is 0.242. The lowest BCUT2D eigenvalue weighted by molar-refractivity contribution is -0.123. The van der Waals surface area contributed by atoms with Gasteiger partial charge in [0.25, 0.3) is 0 Å². The first kappa shape index (κ1) is 13.6. The highest BCUT2D eigenvalue weighted by molar-refractivity contribution is 5.85. The molecular formula is C6H14Cl2N2O. The van der Waals surface area contributed by atoms with Crippen LogP contribution in [0, 0.1) is 0 Å². The molecule has 0 saturated carbocycles. The van der Waals surface area contributed by atoms with Gasteiger partial charge in [-0.05, 0) is 12.8 Å². The van der Waals surface area contributed by atoms with Gasteiger partial charge in [-0.1, -0.05) is 0 Å². The van der Waals surface area contributed by atoms with E-state index in [1.165, 1.54) is 0 Å². The number of rotatable bonds is 1. The average molecular weight is 201 g/mol. The van der Waals surface area contributed by atoms with Gasteiger partial charge in [0, 0.05) is 19.0 Å². The van der Waals surface area contributed by atoms with Crippen LogP contribution in [0.5, 0.6) is 0 Å². The lowest BCUT2D eigenvalue weighted by Crippen LogP contribution is -2.43. The van der Waals surface area contributed by atoms with E-state index in [4.69, 9.17) is 5.73 Å². The number of amides is 1. The van der Waals surface area contributed by atoms with Crippen molar-refractivity contribution >= 4 is 30.7 Å². The van der Waals surface area contributed by atoms with Crippen molar-refractivity contribution in [2.45, 2.75) is 25.3 Å². The van der Waals surface area contributed by atoms with Crippen molar-refractivity contribution in [1.29, 1.82) is 0 Å². The van der Waals surface area contributed by atoms with Crippen molar-refractivity contribution in [3.8, 4) is 0 Å². The van der Waals surface area contributed by atoms with E-state index in [0.717, 1.165) is 12.8 Å². The zero-order chi connectivity index (χ0) is 6.69. The zero-order valence-corrected chi connectivity index (χ0v) is 7.84. The van der Waals surface area contributed by atoms with Crippen molar-refractivity contribution in [3.05, 3.63) is 0 Å². The van der Waals surface area contributed by atoms with Crippen LogP contribution in [0.3, 0.4) is 0 Å². The Balaban J connectivity index is 0. The van der Waals surface area contributed by atoms with Gasteiger partial charge in [-0.15, -0.1) is 24.8 Å². The van der Waals surface area contributed by atoms with Crippen LogP contribution in [0.1, 0.15) is 19.3 Å². The van der Waals surface area contributed by atoms with Crippen molar-refractivity contribution < 1.29 is 4.79 Å². The number of carbonyl (C=O) groups excluding carboxylic acids is 1. The zero-order valence-electron chi connectivity index (χ0n) is 6.21. The number of hydrogen-bond donors (Lipinski definition) is 2. The van der Waals surface area contributed by atoms with E-state index in [2.05, 4.69) is 5.32 Å². The summed E-state index contributed by atoms with van der Waals surface area (Å²) in [7, 11) is 0. The van der Waals surface area contributed by atoms with Crippen LogP contribution in [0.4, 0.5) is 0 Å².